The summed E-state index contributed by atoms with van der Waals surface area (Å²) in [5.74, 6) is 0. The summed E-state index contributed by atoms with van der Waals surface area (Å²) in [6, 6.07) is 3.73. The molecule has 4 nitrogen and oxygen atoms in total. The predicted molar refractivity (Wildman–Crippen MR) is 64.4 cm³/mol. The molecule has 2 N–H and O–H groups in total. The molecule has 0 radical (unpaired) electrons. The van der Waals surface area contributed by atoms with Gasteiger partial charge in [-0.2, -0.15) is 0 Å². The Balaban J connectivity index is 2.70. The molecule has 0 saturated carbocycles. The van der Waals surface area contributed by atoms with Gasteiger partial charge in [0.15, 0.2) is 0 Å². The van der Waals surface area contributed by atoms with E-state index in [4.69, 9.17) is 0 Å². The van der Waals surface area contributed by atoms with E-state index in [1.165, 1.54) is 0 Å². The van der Waals surface area contributed by atoms with Gasteiger partial charge in [0.05, 0.1) is 29.8 Å². The van der Waals surface area contributed by atoms with E-state index in [1.807, 2.05) is 31.0 Å². The third-order valence-corrected chi connectivity index (χ3v) is 2.48. The van der Waals surface area contributed by atoms with Crippen molar-refractivity contribution in [1.82, 2.24) is 4.98 Å². The molecule has 2 unspecified atom stereocenters. The molecule has 0 saturated heterocycles. The molecule has 16 heavy (non-hydrogen) atoms. The lowest BCUT2D eigenvalue weighted by molar-refractivity contribution is 0.169. The summed E-state index contributed by atoms with van der Waals surface area (Å²) in [5.41, 5.74) is 1.63. The highest BCUT2D eigenvalue weighted by molar-refractivity contribution is 5.43. The van der Waals surface area contributed by atoms with Gasteiger partial charge >= 0.3 is 0 Å². The second kappa shape index (κ2) is 5.82. The number of anilines is 1. The molecule has 1 aromatic rings. The van der Waals surface area contributed by atoms with Crippen molar-refractivity contribution in [3.8, 4) is 0 Å². The van der Waals surface area contributed by atoms with Crippen molar-refractivity contribution in [3.05, 3.63) is 24.0 Å². The molecule has 0 spiro atoms. The zero-order valence-corrected chi connectivity index (χ0v) is 10.1. The van der Waals surface area contributed by atoms with Gasteiger partial charge < -0.3 is 15.1 Å². The molecule has 90 valence electrons. The summed E-state index contributed by atoms with van der Waals surface area (Å²) in [6.07, 6.45) is 1.52. The average Bonchev–Trinajstić information content (AvgIpc) is 2.27. The first-order valence-corrected chi connectivity index (χ1v) is 5.57. The van der Waals surface area contributed by atoms with Crippen LogP contribution in [0, 0.1) is 0 Å². The van der Waals surface area contributed by atoms with Crippen molar-refractivity contribution >= 4 is 5.69 Å². The Morgan fingerprint density at radius 2 is 2.06 bits per heavy atom. The van der Waals surface area contributed by atoms with Crippen molar-refractivity contribution in [2.75, 3.05) is 18.5 Å². The Kier molecular flexibility index (Phi) is 4.71. The highest BCUT2D eigenvalue weighted by Crippen LogP contribution is 2.17. The molecule has 0 fully saturated rings. The maximum Gasteiger partial charge on any atom is 0.0957 e. The Bertz CT molecular complexity index is 311. The van der Waals surface area contributed by atoms with Crippen LogP contribution < -0.4 is 4.90 Å². The molecule has 2 atom stereocenters. The van der Waals surface area contributed by atoms with E-state index >= 15 is 0 Å². The average molecular weight is 224 g/mol. The van der Waals surface area contributed by atoms with E-state index < -0.39 is 6.10 Å². The minimum absolute atomic E-state index is 0.370. The molecule has 1 aromatic heterocycles. The van der Waals surface area contributed by atoms with Crippen LogP contribution in [0.25, 0.3) is 0 Å². The minimum atomic E-state index is -0.490. The van der Waals surface area contributed by atoms with Crippen LogP contribution in [0.1, 0.15) is 32.1 Å². The molecule has 0 aliphatic rings. The van der Waals surface area contributed by atoms with Gasteiger partial charge in [0, 0.05) is 13.6 Å². The molecule has 0 aliphatic carbocycles. The van der Waals surface area contributed by atoms with Crippen LogP contribution in [0.2, 0.25) is 0 Å². The molecule has 0 aromatic carbocycles. The zero-order chi connectivity index (χ0) is 12.1. The quantitative estimate of drug-likeness (QED) is 0.792. The SMILES string of the molecule is CCC(O)c1ccc(N(C)CC(C)O)cn1. The fourth-order valence-corrected chi connectivity index (χ4v) is 1.53. The first kappa shape index (κ1) is 12.9. The van der Waals surface area contributed by atoms with Crippen LogP contribution in [0.4, 0.5) is 5.69 Å². The number of nitrogens with zero attached hydrogens (tertiary/aromatic N) is 2. The fraction of sp³-hybridized carbons (Fsp3) is 0.583. The first-order valence-electron chi connectivity index (χ1n) is 5.57. The van der Waals surface area contributed by atoms with E-state index in [1.54, 1.807) is 13.1 Å². The minimum Gasteiger partial charge on any atom is -0.392 e. The van der Waals surface area contributed by atoms with Crippen LogP contribution in [0.15, 0.2) is 18.3 Å². The fourth-order valence-electron chi connectivity index (χ4n) is 1.53. The monoisotopic (exact) mass is 224 g/mol. The standard InChI is InChI=1S/C12H20N2O2/c1-4-12(16)11-6-5-10(7-13-11)14(3)8-9(2)15/h5-7,9,12,15-16H,4,8H2,1-3H3. The third-order valence-electron chi connectivity index (χ3n) is 2.48. The van der Waals surface area contributed by atoms with Gasteiger partial charge in [-0.3, -0.25) is 4.98 Å². The van der Waals surface area contributed by atoms with E-state index in [9.17, 15) is 10.2 Å². The largest absolute Gasteiger partial charge is 0.392 e. The van der Waals surface area contributed by atoms with E-state index in [0.29, 0.717) is 18.7 Å². The number of aliphatic hydroxyl groups excluding tert-OH is 2. The van der Waals surface area contributed by atoms with Crippen LogP contribution in [0.3, 0.4) is 0 Å². The Morgan fingerprint density at radius 3 is 2.50 bits per heavy atom. The zero-order valence-electron chi connectivity index (χ0n) is 10.1. The number of aromatic nitrogens is 1. The van der Waals surface area contributed by atoms with Crippen molar-refractivity contribution in [2.24, 2.45) is 0 Å². The van der Waals surface area contributed by atoms with Crippen LogP contribution >= 0.6 is 0 Å². The van der Waals surface area contributed by atoms with Crippen LogP contribution in [-0.4, -0.2) is 34.9 Å². The van der Waals surface area contributed by atoms with Gasteiger partial charge in [0.2, 0.25) is 0 Å². The van der Waals surface area contributed by atoms with Crippen LogP contribution in [-0.2, 0) is 0 Å². The summed E-state index contributed by atoms with van der Waals surface area (Å²) in [5, 5.41) is 18.9. The van der Waals surface area contributed by atoms with Gasteiger partial charge in [-0.15, -0.1) is 0 Å². The molecule has 0 bridgehead atoms. The molecular weight excluding hydrogens is 204 g/mol. The summed E-state index contributed by atoms with van der Waals surface area (Å²) in [6.45, 7) is 4.23. The number of aliphatic hydroxyl groups is 2. The second-order valence-electron chi connectivity index (χ2n) is 4.09. The normalized spacial score (nSPS) is 14.6. The van der Waals surface area contributed by atoms with Gasteiger partial charge in [0.25, 0.3) is 0 Å². The van der Waals surface area contributed by atoms with Gasteiger partial charge in [0.1, 0.15) is 0 Å². The van der Waals surface area contributed by atoms with Gasteiger partial charge in [-0.05, 0) is 25.5 Å². The molecule has 1 rings (SSSR count). The second-order valence-corrected chi connectivity index (χ2v) is 4.09. The summed E-state index contributed by atoms with van der Waals surface area (Å²) in [7, 11) is 1.90. The van der Waals surface area contributed by atoms with E-state index in [0.717, 1.165) is 5.69 Å². The highest BCUT2D eigenvalue weighted by Gasteiger charge is 2.08. The van der Waals surface area contributed by atoms with E-state index in [2.05, 4.69) is 4.98 Å². The van der Waals surface area contributed by atoms with Gasteiger partial charge in [-0.25, -0.2) is 0 Å². The lowest BCUT2D eigenvalue weighted by atomic mass is 10.2. The third kappa shape index (κ3) is 3.47. The van der Waals surface area contributed by atoms with Crippen LogP contribution in [0.5, 0.6) is 0 Å². The topological polar surface area (TPSA) is 56.6 Å². The van der Waals surface area contributed by atoms with Crippen molar-refractivity contribution < 1.29 is 10.2 Å². The van der Waals surface area contributed by atoms with E-state index in [-0.39, 0.29) is 6.10 Å². The Morgan fingerprint density at radius 1 is 1.38 bits per heavy atom. The lowest BCUT2D eigenvalue weighted by Crippen LogP contribution is -2.26. The molecule has 0 aliphatic heterocycles. The van der Waals surface area contributed by atoms with Crippen molar-refractivity contribution in [3.63, 3.8) is 0 Å². The molecule has 1 heterocycles. The molecule has 0 amide bonds. The first-order chi connectivity index (χ1) is 7.54. The number of hydrogen-bond acceptors (Lipinski definition) is 4. The summed E-state index contributed by atoms with van der Waals surface area (Å²) >= 11 is 0. The Hall–Kier alpha value is -1.13. The Labute approximate surface area is 96.6 Å². The van der Waals surface area contributed by atoms with Crippen molar-refractivity contribution in [1.29, 1.82) is 0 Å². The predicted octanol–water partition coefficient (Wildman–Crippen LogP) is 1.34. The van der Waals surface area contributed by atoms with Gasteiger partial charge in [-0.1, -0.05) is 6.92 Å². The number of likely N-dealkylation sites (N-methyl/N-ethyl adjacent to an activating group) is 1. The summed E-state index contributed by atoms with van der Waals surface area (Å²) in [4.78, 5) is 6.13. The number of pyridine rings is 1. The summed E-state index contributed by atoms with van der Waals surface area (Å²) < 4.78 is 0. The number of hydrogen-bond donors (Lipinski definition) is 2. The highest BCUT2D eigenvalue weighted by atomic mass is 16.3. The maximum absolute atomic E-state index is 9.59. The lowest BCUT2D eigenvalue weighted by Gasteiger charge is -2.20. The maximum atomic E-state index is 9.59. The van der Waals surface area contributed by atoms with Crippen molar-refractivity contribution in [2.45, 2.75) is 32.5 Å². The smallest absolute Gasteiger partial charge is 0.0957 e. The molecule has 4 heteroatoms. The number of rotatable bonds is 5. The molecular formula is C12H20N2O2.